The molecule has 8 nitrogen and oxygen atoms in total. The van der Waals surface area contributed by atoms with E-state index < -0.39 is 34.4 Å². The van der Waals surface area contributed by atoms with Crippen LogP contribution in [0, 0.1) is 0 Å². The van der Waals surface area contributed by atoms with Crippen molar-refractivity contribution < 1.29 is 22.7 Å². The van der Waals surface area contributed by atoms with Gasteiger partial charge in [-0.1, -0.05) is 41.9 Å². The minimum absolute atomic E-state index is 0.0104. The van der Waals surface area contributed by atoms with Crippen LogP contribution >= 0.6 is 23.4 Å². The fraction of sp³-hybridized carbons (Fsp3) is 0.286. The average Bonchev–Trinajstić information content (AvgIpc) is 2.95. The first-order valence-corrected chi connectivity index (χ1v) is 15.3. The van der Waals surface area contributed by atoms with Gasteiger partial charge in [0.2, 0.25) is 11.8 Å². The number of nitrogens with zero attached hydrogens (tertiary/aromatic N) is 2. The molecule has 1 N–H and O–H groups in total. The summed E-state index contributed by atoms with van der Waals surface area (Å²) < 4.78 is 34.8. The van der Waals surface area contributed by atoms with E-state index in [1.165, 1.54) is 35.8 Å². The number of likely N-dealkylation sites (N-methyl/N-ethyl adjacent to an activating group) is 1. The maximum atomic E-state index is 14.0. The Labute approximate surface area is 239 Å². The van der Waals surface area contributed by atoms with Crippen LogP contribution in [0.3, 0.4) is 0 Å². The summed E-state index contributed by atoms with van der Waals surface area (Å²) in [6.07, 6.45) is 1.90. The molecule has 0 aliphatic rings. The lowest BCUT2D eigenvalue weighted by atomic mass is 10.1. The fourth-order valence-electron chi connectivity index (χ4n) is 3.93. The number of anilines is 1. The van der Waals surface area contributed by atoms with Crippen molar-refractivity contribution in [1.29, 1.82) is 0 Å². The number of amides is 2. The molecular formula is C28H32ClN3O5S2. The second kappa shape index (κ2) is 13.7. The van der Waals surface area contributed by atoms with E-state index in [-0.39, 0.29) is 17.1 Å². The second-order valence-corrected chi connectivity index (χ2v) is 11.6. The monoisotopic (exact) mass is 589 g/mol. The Bertz CT molecular complexity index is 1400. The highest BCUT2D eigenvalue weighted by atomic mass is 35.5. The molecular weight excluding hydrogens is 558 g/mol. The Kier molecular flexibility index (Phi) is 10.7. The summed E-state index contributed by atoms with van der Waals surface area (Å²) in [7, 11) is -2.73. The zero-order valence-corrected chi connectivity index (χ0v) is 24.6. The summed E-state index contributed by atoms with van der Waals surface area (Å²) in [6, 6.07) is 19.2. The highest BCUT2D eigenvalue weighted by molar-refractivity contribution is 7.98. The van der Waals surface area contributed by atoms with Crippen molar-refractivity contribution in [3.05, 3.63) is 83.4 Å². The fourth-order valence-corrected chi connectivity index (χ4v) is 5.96. The van der Waals surface area contributed by atoms with Crippen molar-refractivity contribution in [1.82, 2.24) is 10.2 Å². The van der Waals surface area contributed by atoms with Crippen LogP contribution in [-0.2, 0) is 26.2 Å². The van der Waals surface area contributed by atoms with Gasteiger partial charge in [0, 0.05) is 23.5 Å². The van der Waals surface area contributed by atoms with Gasteiger partial charge in [0.1, 0.15) is 18.3 Å². The van der Waals surface area contributed by atoms with E-state index in [9.17, 15) is 18.0 Å². The zero-order valence-electron chi connectivity index (χ0n) is 22.3. The molecule has 0 aliphatic heterocycles. The van der Waals surface area contributed by atoms with E-state index in [1.807, 2.05) is 6.26 Å². The first-order chi connectivity index (χ1) is 18.6. The number of hydrogen-bond acceptors (Lipinski definition) is 6. The molecule has 0 aromatic heterocycles. The first-order valence-electron chi connectivity index (χ1n) is 12.3. The van der Waals surface area contributed by atoms with Gasteiger partial charge in [-0.05, 0) is 68.1 Å². The van der Waals surface area contributed by atoms with E-state index in [1.54, 1.807) is 74.5 Å². The van der Waals surface area contributed by atoms with Crippen LogP contribution < -0.4 is 14.4 Å². The molecule has 11 heteroatoms. The standard InChI is InChI=1S/C28H32ClN3O5S2/c1-5-37-26-13-9-8-12-25(26)32(39(35,36)23-16-14-22(38-4)15-17-23)19-27(33)31(20(2)28(34)30-3)18-21-10-6-7-11-24(21)29/h6-17,20H,5,18-19H2,1-4H3,(H,30,34)/t20-/m0/s1. The van der Waals surface area contributed by atoms with Crippen LogP contribution in [0.2, 0.25) is 5.02 Å². The molecule has 39 heavy (non-hydrogen) atoms. The van der Waals surface area contributed by atoms with Gasteiger partial charge in [0.05, 0.1) is 17.2 Å². The number of rotatable bonds is 12. The van der Waals surface area contributed by atoms with Gasteiger partial charge in [0.25, 0.3) is 10.0 Å². The van der Waals surface area contributed by atoms with Crippen molar-refractivity contribution in [2.45, 2.75) is 36.2 Å². The Hall–Kier alpha value is -3.21. The molecule has 208 valence electrons. The molecule has 0 fully saturated rings. The third-order valence-corrected chi connectivity index (χ3v) is 8.96. The number of thioether (sulfide) groups is 1. The van der Waals surface area contributed by atoms with E-state index in [4.69, 9.17) is 16.3 Å². The lowest BCUT2D eigenvalue weighted by Crippen LogP contribution is -2.50. The number of benzene rings is 3. The quantitative estimate of drug-likeness (QED) is 0.304. The highest BCUT2D eigenvalue weighted by Gasteiger charge is 2.33. The molecule has 3 aromatic carbocycles. The van der Waals surface area contributed by atoms with E-state index in [0.717, 1.165) is 9.20 Å². The molecule has 0 spiro atoms. The summed E-state index contributed by atoms with van der Waals surface area (Å²) in [4.78, 5) is 28.8. The molecule has 0 bridgehead atoms. The third-order valence-electron chi connectivity index (χ3n) is 6.07. The van der Waals surface area contributed by atoms with Crippen LogP contribution in [0.1, 0.15) is 19.4 Å². The van der Waals surface area contributed by atoms with Crippen molar-refractivity contribution in [3.63, 3.8) is 0 Å². The number of carbonyl (C=O) groups is 2. The third kappa shape index (κ3) is 7.26. The molecule has 2 amide bonds. The van der Waals surface area contributed by atoms with E-state index >= 15 is 0 Å². The summed E-state index contributed by atoms with van der Waals surface area (Å²) >= 11 is 7.85. The highest BCUT2D eigenvalue weighted by Crippen LogP contribution is 2.33. The zero-order chi connectivity index (χ0) is 28.6. The van der Waals surface area contributed by atoms with Crippen LogP contribution in [0.4, 0.5) is 5.69 Å². The van der Waals surface area contributed by atoms with Crippen LogP contribution in [0.15, 0.2) is 82.6 Å². The molecule has 0 saturated heterocycles. The Morgan fingerprint density at radius 2 is 1.67 bits per heavy atom. The lowest BCUT2D eigenvalue weighted by Gasteiger charge is -2.32. The molecule has 1 atom stereocenters. The lowest BCUT2D eigenvalue weighted by molar-refractivity contribution is -0.139. The Morgan fingerprint density at radius 3 is 2.28 bits per heavy atom. The minimum atomic E-state index is -4.21. The van der Waals surface area contributed by atoms with Crippen LogP contribution in [-0.4, -0.2) is 57.6 Å². The van der Waals surface area contributed by atoms with Gasteiger partial charge in [-0.3, -0.25) is 13.9 Å². The van der Waals surface area contributed by atoms with Gasteiger partial charge in [0.15, 0.2) is 0 Å². The van der Waals surface area contributed by atoms with Gasteiger partial charge < -0.3 is 15.0 Å². The van der Waals surface area contributed by atoms with Crippen molar-refractivity contribution in [2.24, 2.45) is 0 Å². The average molecular weight is 590 g/mol. The van der Waals surface area contributed by atoms with Crippen LogP contribution in [0.25, 0.3) is 0 Å². The smallest absolute Gasteiger partial charge is 0.264 e. The van der Waals surface area contributed by atoms with Gasteiger partial charge in [-0.2, -0.15) is 0 Å². The number of halogens is 1. The summed E-state index contributed by atoms with van der Waals surface area (Å²) in [6.45, 7) is 3.12. The molecule has 0 saturated carbocycles. The summed E-state index contributed by atoms with van der Waals surface area (Å²) in [5.41, 5.74) is 0.840. The normalized spacial score (nSPS) is 11.9. The minimum Gasteiger partial charge on any atom is -0.492 e. The maximum Gasteiger partial charge on any atom is 0.264 e. The topological polar surface area (TPSA) is 96.0 Å². The number of ether oxygens (including phenoxy) is 1. The molecule has 3 rings (SSSR count). The SMILES string of the molecule is CCOc1ccccc1N(CC(=O)N(Cc1ccccc1Cl)[C@@H](C)C(=O)NC)S(=O)(=O)c1ccc(SC)cc1. The van der Waals surface area contributed by atoms with Gasteiger partial charge in [-0.25, -0.2) is 8.42 Å². The number of hydrogen-bond donors (Lipinski definition) is 1. The number of carbonyl (C=O) groups excluding carboxylic acids is 2. The first kappa shape index (κ1) is 30.3. The van der Waals surface area contributed by atoms with E-state index in [0.29, 0.717) is 22.9 Å². The molecule has 0 heterocycles. The predicted molar refractivity (Wildman–Crippen MR) is 156 cm³/mol. The largest absolute Gasteiger partial charge is 0.492 e. The van der Waals surface area contributed by atoms with Crippen LogP contribution in [0.5, 0.6) is 5.75 Å². The van der Waals surface area contributed by atoms with Crippen molar-refractivity contribution in [2.75, 3.05) is 30.8 Å². The van der Waals surface area contributed by atoms with Gasteiger partial charge in [-0.15, -0.1) is 11.8 Å². The predicted octanol–water partition coefficient (Wildman–Crippen LogP) is 4.82. The second-order valence-electron chi connectivity index (χ2n) is 8.49. The Balaban J connectivity index is 2.10. The molecule has 0 unspecified atom stereocenters. The maximum absolute atomic E-state index is 14.0. The molecule has 0 radical (unpaired) electrons. The van der Waals surface area contributed by atoms with Crippen molar-refractivity contribution >= 4 is 50.9 Å². The summed E-state index contributed by atoms with van der Waals surface area (Å²) in [5, 5.41) is 2.99. The van der Waals surface area contributed by atoms with Crippen molar-refractivity contribution in [3.8, 4) is 5.75 Å². The number of nitrogens with one attached hydrogen (secondary N) is 1. The van der Waals surface area contributed by atoms with Gasteiger partial charge >= 0.3 is 0 Å². The Morgan fingerprint density at radius 1 is 1.03 bits per heavy atom. The number of para-hydroxylation sites is 2. The summed E-state index contributed by atoms with van der Waals surface area (Å²) in [5.74, 6) is -0.664. The van der Waals surface area contributed by atoms with E-state index in [2.05, 4.69) is 5.32 Å². The number of sulfonamides is 1. The molecule has 3 aromatic rings. The molecule has 0 aliphatic carbocycles.